The van der Waals surface area contributed by atoms with E-state index >= 15 is 0 Å². The van der Waals surface area contributed by atoms with E-state index in [4.69, 9.17) is 12.2 Å². The van der Waals surface area contributed by atoms with Crippen molar-refractivity contribution in [2.24, 2.45) is 0 Å². The molecular weight excluding hydrogens is 396 g/mol. The Labute approximate surface area is 181 Å². The van der Waals surface area contributed by atoms with Crippen molar-refractivity contribution in [1.82, 2.24) is 0 Å². The molecule has 5 heteroatoms. The fraction of sp³-hybridized carbons (Fsp3) is 0.167. The molecule has 0 aromatic heterocycles. The number of carbonyl (C=O) groups excluding carboxylic acids is 1. The topological polar surface area (TPSA) is 23.6 Å². The van der Waals surface area contributed by atoms with Gasteiger partial charge in [0, 0.05) is 24.2 Å². The van der Waals surface area contributed by atoms with Gasteiger partial charge in [0.05, 0.1) is 10.6 Å². The van der Waals surface area contributed by atoms with Crippen LogP contribution in [0.5, 0.6) is 0 Å². The summed E-state index contributed by atoms with van der Waals surface area (Å²) in [4.78, 5) is 17.8. The molecule has 29 heavy (non-hydrogen) atoms. The number of hydrogen-bond donors (Lipinski definition) is 0. The number of carbonyl (C=O) groups is 1. The van der Waals surface area contributed by atoms with Crippen LogP contribution in [0.2, 0.25) is 0 Å². The third kappa shape index (κ3) is 3.80. The van der Waals surface area contributed by atoms with Crippen molar-refractivity contribution in [2.45, 2.75) is 13.8 Å². The molecule has 0 bridgehead atoms. The number of anilines is 2. The van der Waals surface area contributed by atoms with Gasteiger partial charge in [-0.15, -0.1) is 0 Å². The van der Waals surface area contributed by atoms with E-state index in [0.717, 1.165) is 35.1 Å². The van der Waals surface area contributed by atoms with Crippen molar-refractivity contribution >= 4 is 62.4 Å². The van der Waals surface area contributed by atoms with Crippen LogP contribution in [0.25, 0.3) is 16.8 Å². The van der Waals surface area contributed by atoms with Gasteiger partial charge in [-0.05, 0) is 49.1 Å². The number of rotatable bonds is 5. The number of thiocarbonyl (C=S) groups is 1. The van der Waals surface area contributed by atoms with Crippen LogP contribution in [0, 0.1) is 0 Å². The molecule has 4 rings (SSSR count). The zero-order chi connectivity index (χ0) is 20.4. The normalized spacial score (nSPS) is 15.5. The van der Waals surface area contributed by atoms with Crippen LogP contribution < -0.4 is 9.80 Å². The zero-order valence-corrected chi connectivity index (χ0v) is 18.1. The van der Waals surface area contributed by atoms with Crippen molar-refractivity contribution in [3.05, 3.63) is 77.2 Å². The predicted molar refractivity (Wildman–Crippen MR) is 130 cm³/mol. The van der Waals surface area contributed by atoms with Gasteiger partial charge < -0.3 is 4.90 Å². The van der Waals surface area contributed by atoms with Crippen molar-refractivity contribution in [3.8, 4) is 0 Å². The predicted octanol–water partition coefficient (Wildman–Crippen LogP) is 6.09. The van der Waals surface area contributed by atoms with Gasteiger partial charge in [0.15, 0.2) is 4.32 Å². The molecule has 0 spiro atoms. The third-order valence-electron chi connectivity index (χ3n) is 5.12. The summed E-state index contributed by atoms with van der Waals surface area (Å²) in [6, 6.07) is 22.3. The lowest BCUT2D eigenvalue weighted by Crippen LogP contribution is -2.27. The third-order valence-corrected chi connectivity index (χ3v) is 6.42. The van der Waals surface area contributed by atoms with Crippen LogP contribution >= 0.6 is 24.0 Å². The Bertz CT molecular complexity index is 1100. The highest BCUT2D eigenvalue weighted by atomic mass is 32.2. The first-order valence-electron chi connectivity index (χ1n) is 9.73. The summed E-state index contributed by atoms with van der Waals surface area (Å²) in [6.45, 7) is 6.24. The van der Waals surface area contributed by atoms with Gasteiger partial charge in [0.1, 0.15) is 0 Å². The Morgan fingerprint density at radius 3 is 2.38 bits per heavy atom. The molecule has 0 N–H and O–H groups in total. The highest BCUT2D eigenvalue weighted by molar-refractivity contribution is 8.27. The molecule has 0 aliphatic carbocycles. The Morgan fingerprint density at radius 1 is 0.966 bits per heavy atom. The molecule has 0 unspecified atom stereocenters. The maximum absolute atomic E-state index is 13.2. The van der Waals surface area contributed by atoms with Crippen LogP contribution in [0.1, 0.15) is 19.4 Å². The first-order valence-corrected chi connectivity index (χ1v) is 11.0. The van der Waals surface area contributed by atoms with E-state index in [-0.39, 0.29) is 5.91 Å². The van der Waals surface area contributed by atoms with E-state index in [1.165, 1.54) is 17.4 Å². The standard InChI is InChI=1S/C24H22N2OS2/c1-3-25(4-2)19-14-12-17(13-15-19)16-22-23(27)26(24(28)29-22)21-11-7-9-18-8-5-6-10-20(18)21/h5-16H,3-4H2,1-2H3/b22-16+. The first kappa shape index (κ1) is 19.7. The lowest BCUT2D eigenvalue weighted by Gasteiger charge is -2.20. The second kappa shape index (κ2) is 8.39. The zero-order valence-electron chi connectivity index (χ0n) is 16.5. The molecule has 1 aliphatic heterocycles. The molecule has 3 aromatic carbocycles. The molecule has 1 heterocycles. The highest BCUT2D eigenvalue weighted by Gasteiger charge is 2.34. The summed E-state index contributed by atoms with van der Waals surface area (Å²) in [6.07, 6.45) is 1.93. The second-order valence-electron chi connectivity index (χ2n) is 6.78. The minimum atomic E-state index is -0.0656. The molecule has 0 saturated carbocycles. The fourth-order valence-corrected chi connectivity index (χ4v) is 4.89. The Hall–Kier alpha value is -2.63. The summed E-state index contributed by atoms with van der Waals surface area (Å²) >= 11 is 6.92. The maximum Gasteiger partial charge on any atom is 0.270 e. The molecule has 3 nitrogen and oxygen atoms in total. The number of fused-ring (bicyclic) bond motifs is 1. The van der Waals surface area contributed by atoms with Crippen LogP contribution in [-0.2, 0) is 4.79 Å². The maximum atomic E-state index is 13.2. The first-order chi connectivity index (χ1) is 14.1. The van der Waals surface area contributed by atoms with Crippen molar-refractivity contribution in [3.63, 3.8) is 0 Å². The number of benzene rings is 3. The van der Waals surface area contributed by atoms with Crippen LogP contribution in [0.3, 0.4) is 0 Å². The second-order valence-corrected chi connectivity index (χ2v) is 8.45. The fourth-order valence-electron chi connectivity index (χ4n) is 3.60. The average molecular weight is 419 g/mol. The SMILES string of the molecule is CCN(CC)c1ccc(/C=C2/SC(=S)N(c3cccc4ccccc34)C2=O)cc1. The number of hydrogen-bond acceptors (Lipinski definition) is 4. The van der Waals surface area contributed by atoms with Gasteiger partial charge in [-0.3, -0.25) is 9.69 Å². The van der Waals surface area contributed by atoms with Gasteiger partial charge in [0.25, 0.3) is 5.91 Å². The monoisotopic (exact) mass is 418 g/mol. The van der Waals surface area contributed by atoms with E-state index in [2.05, 4.69) is 43.0 Å². The summed E-state index contributed by atoms with van der Waals surface area (Å²) in [5.41, 5.74) is 3.03. The molecule has 3 aromatic rings. The quantitative estimate of drug-likeness (QED) is 0.369. The molecule has 1 amide bonds. The van der Waals surface area contributed by atoms with Gasteiger partial charge in [0.2, 0.25) is 0 Å². The summed E-state index contributed by atoms with van der Waals surface area (Å²) < 4.78 is 0.567. The van der Waals surface area contributed by atoms with Crippen molar-refractivity contribution < 1.29 is 4.79 Å². The minimum Gasteiger partial charge on any atom is -0.372 e. The molecule has 0 atom stereocenters. The number of amides is 1. The summed E-state index contributed by atoms with van der Waals surface area (Å²) in [5.74, 6) is -0.0656. The largest absolute Gasteiger partial charge is 0.372 e. The Balaban J connectivity index is 1.64. The van der Waals surface area contributed by atoms with Gasteiger partial charge in [-0.2, -0.15) is 0 Å². The van der Waals surface area contributed by atoms with E-state index < -0.39 is 0 Å². The van der Waals surface area contributed by atoms with Crippen LogP contribution in [0.15, 0.2) is 71.6 Å². The number of thioether (sulfide) groups is 1. The Morgan fingerprint density at radius 2 is 1.66 bits per heavy atom. The molecule has 1 saturated heterocycles. The van der Waals surface area contributed by atoms with Gasteiger partial charge >= 0.3 is 0 Å². The van der Waals surface area contributed by atoms with E-state index in [1.807, 2.05) is 48.5 Å². The molecule has 1 fully saturated rings. The van der Waals surface area contributed by atoms with Crippen molar-refractivity contribution in [1.29, 1.82) is 0 Å². The van der Waals surface area contributed by atoms with Crippen LogP contribution in [0.4, 0.5) is 11.4 Å². The lowest BCUT2D eigenvalue weighted by molar-refractivity contribution is -0.113. The number of nitrogens with zero attached hydrogens (tertiary/aromatic N) is 2. The van der Waals surface area contributed by atoms with Gasteiger partial charge in [-0.25, -0.2) is 0 Å². The summed E-state index contributed by atoms with van der Waals surface area (Å²) in [5, 5.41) is 2.12. The molecule has 146 valence electrons. The van der Waals surface area contributed by atoms with E-state index in [9.17, 15) is 4.79 Å². The van der Waals surface area contributed by atoms with Crippen LogP contribution in [-0.4, -0.2) is 23.3 Å². The summed E-state index contributed by atoms with van der Waals surface area (Å²) in [7, 11) is 0. The average Bonchev–Trinajstić information content (AvgIpc) is 3.02. The minimum absolute atomic E-state index is 0.0656. The van der Waals surface area contributed by atoms with Gasteiger partial charge in [-0.1, -0.05) is 72.5 Å². The molecule has 0 radical (unpaired) electrons. The molecular formula is C24H22N2OS2. The Kier molecular flexibility index (Phi) is 5.69. The lowest BCUT2D eigenvalue weighted by atomic mass is 10.1. The van der Waals surface area contributed by atoms with Crippen molar-refractivity contribution in [2.75, 3.05) is 22.9 Å². The van der Waals surface area contributed by atoms with E-state index in [1.54, 1.807) is 4.90 Å². The van der Waals surface area contributed by atoms with E-state index in [0.29, 0.717) is 9.23 Å². The molecule has 1 aliphatic rings. The highest BCUT2D eigenvalue weighted by Crippen LogP contribution is 2.38. The smallest absolute Gasteiger partial charge is 0.270 e.